The Hall–Kier alpha value is -1.32. The van der Waals surface area contributed by atoms with Crippen LogP contribution in [0.5, 0.6) is 0 Å². The van der Waals surface area contributed by atoms with Crippen molar-refractivity contribution >= 4 is 11.9 Å². The van der Waals surface area contributed by atoms with Gasteiger partial charge in [-0.1, -0.05) is 167 Å². The summed E-state index contributed by atoms with van der Waals surface area (Å²) in [6, 6.07) is 0. The SMILES string of the molecule is CCCCCCCCCCCCCCCCC=CC(CC(=O)O)C(=O)OCCCCCCCCCCCC. The molecule has 1 N–H and O–H groups in total. The molecule has 0 rings (SSSR count). The molecule has 0 amide bonds. The van der Waals surface area contributed by atoms with Crippen LogP contribution in [-0.2, 0) is 14.3 Å². The van der Waals surface area contributed by atoms with E-state index >= 15 is 0 Å². The third kappa shape index (κ3) is 27.7. The highest BCUT2D eigenvalue weighted by Crippen LogP contribution is 2.15. The maximum absolute atomic E-state index is 12.4. The van der Waals surface area contributed by atoms with Gasteiger partial charge in [-0.2, -0.15) is 0 Å². The molecule has 1 atom stereocenters. The van der Waals surface area contributed by atoms with Gasteiger partial charge in [-0.05, 0) is 19.3 Å². The lowest BCUT2D eigenvalue weighted by Gasteiger charge is -2.11. The molecule has 0 spiro atoms. The van der Waals surface area contributed by atoms with Crippen LogP contribution in [0.2, 0.25) is 0 Å². The van der Waals surface area contributed by atoms with Gasteiger partial charge in [-0.15, -0.1) is 0 Å². The van der Waals surface area contributed by atoms with Crippen molar-refractivity contribution in [1.82, 2.24) is 0 Å². The molecular weight excluding hydrogens is 472 g/mol. The van der Waals surface area contributed by atoms with E-state index in [1.165, 1.54) is 135 Å². The Labute approximate surface area is 236 Å². The topological polar surface area (TPSA) is 63.6 Å². The van der Waals surface area contributed by atoms with Crippen molar-refractivity contribution in [3.8, 4) is 0 Å². The van der Waals surface area contributed by atoms with Gasteiger partial charge in [0, 0.05) is 0 Å². The summed E-state index contributed by atoms with van der Waals surface area (Å²) in [7, 11) is 0. The summed E-state index contributed by atoms with van der Waals surface area (Å²) in [5, 5.41) is 9.19. The van der Waals surface area contributed by atoms with Crippen LogP contribution >= 0.6 is 0 Å². The fourth-order valence-corrected chi connectivity index (χ4v) is 5.00. The van der Waals surface area contributed by atoms with Gasteiger partial charge in [-0.3, -0.25) is 9.59 Å². The zero-order valence-corrected chi connectivity index (χ0v) is 25.5. The predicted octanol–water partition coefficient (Wildman–Crippen LogP) is 11.0. The van der Waals surface area contributed by atoms with Gasteiger partial charge in [0.2, 0.25) is 0 Å². The van der Waals surface area contributed by atoms with Gasteiger partial charge >= 0.3 is 11.9 Å². The van der Waals surface area contributed by atoms with Gasteiger partial charge in [0.15, 0.2) is 0 Å². The molecule has 224 valence electrons. The summed E-state index contributed by atoms with van der Waals surface area (Å²) in [6.45, 7) is 4.92. The van der Waals surface area contributed by atoms with E-state index in [2.05, 4.69) is 13.8 Å². The summed E-state index contributed by atoms with van der Waals surface area (Å²) in [4.78, 5) is 23.6. The van der Waals surface area contributed by atoms with Crippen molar-refractivity contribution in [2.75, 3.05) is 6.61 Å². The number of carbonyl (C=O) groups is 2. The number of carbonyl (C=O) groups excluding carboxylic acids is 1. The van der Waals surface area contributed by atoms with Crippen molar-refractivity contribution in [2.24, 2.45) is 5.92 Å². The Kier molecular flexibility index (Phi) is 29.2. The zero-order valence-electron chi connectivity index (χ0n) is 25.5. The minimum absolute atomic E-state index is 0.188. The monoisotopic (exact) mass is 536 g/mol. The predicted molar refractivity (Wildman–Crippen MR) is 163 cm³/mol. The highest BCUT2D eigenvalue weighted by Gasteiger charge is 2.20. The molecule has 0 radical (unpaired) electrons. The quantitative estimate of drug-likeness (QED) is 0.0563. The Balaban J connectivity index is 3.73. The maximum Gasteiger partial charge on any atom is 0.313 e. The molecule has 0 heterocycles. The first kappa shape index (κ1) is 36.7. The largest absolute Gasteiger partial charge is 0.481 e. The second kappa shape index (κ2) is 30.2. The van der Waals surface area contributed by atoms with Crippen LogP contribution in [-0.4, -0.2) is 23.7 Å². The molecule has 4 nitrogen and oxygen atoms in total. The lowest BCUT2D eigenvalue weighted by Crippen LogP contribution is -2.19. The van der Waals surface area contributed by atoms with Crippen molar-refractivity contribution in [2.45, 2.75) is 181 Å². The lowest BCUT2D eigenvalue weighted by atomic mass is 10.0. The van der Waals surface area contributed by atoms with E-state index in [0.717, 1.165) is 25.7 Å². The van der Waals surface area contributed by atoms with Crippen LogP contribution in [0, 0.1) is 5.92 Å². The van der Waals surface area contributed by atoms with E-state index in [1.807, 2.05) is 6.08 Å². The minimum Gasteiger partial charge on any atom is -0.481 e. The van der Waals surface area contributed by atoms with Crippen molar-refractivity contribution in [3.05, 3.63) is 12.2 Å². The fourth-order valence-electron chi connectivity index (χ4n) is 5.00. The normalized spacial score (nSPS) is 12.3. The van der Waals surface area contributed by atoms with E-state index in [0.29, 0.717) is 6.61 Å². The molecular formula is C34H64O4. The Morgan fingerprint density at radius 2 is 0.947 bits per heavy atom. The fraction of sp³-hybridized carbons (Fsp3) is 0.882. The van der Waals surface area contributed by atoms with Crippen molar-refractivity contribution in [1.29, 1.82) is 0 Å². The molecule has 0 saturated carbocycles. The maximum atomic E-state index is 12.4. The standard InChI is InChI=1S/C34H64O4/c1-3-5-7-9-11-13-15-16-17-18-19-20-21-23-25-27-29-32(31-33(35)36)34(37)38-30-28-26-24-22-14-12-10-8-6-4-2/h27,29,32H,3-26,28,30-31H2,1-2H3,(H,35,36). The number of unbranched alkanes of at least 4 members (excludes halogenated alkanes) is 23. The number of hydrogen-bond acceptors (Lipinski definition) is 3. The lowest BCUT2D eigenvalue weighted by molar-refractivity contribution is -0.151. The number of allylic oxidation sites excluding steroid dienone is 1. The number of rotatable bonds is 30. The molecule has 0 bridgehead atoms. The van der Waals surface area contributed by atoms with E-state index in [-0.39, 0.29) is 12.4 Å². The first-order valence-corrected chi connectivity index (χ1v) is 16.7. The zero-order chi connectivity index (χ0) is 27.9. The first-order valence-electron chi connectivity index (χ1n) is 16.7. The molecule has 4 heteroatoms. The summed E-state index contributed by atoms with van der Waals surface area (Å²) in [6.07, 6.45) is 35.6. The second-order valence-electron chi connectivity index (χ2n) is 11.4. The van der Waals surface area contributed by atoms with E-state index in [9.17, 15) is 14.7 Å². The van der Waals surface area contributed by atoms with Gasteiger partial charge in [0.05, 0.1) is 18.9 Å². The summed E-state index contributed by atoms with van der Waals surface area (Å²) in [5.74, 6) is -2.00. The summed E-state index contributed by atoms with van der Waals surface area (Å²) in [5.41, 5.74) is 0. The van der Waals surface area contributed by atoms with E-state index in [1.54, 1.807) is 6.08 Å². The molecule has 0 fully saturated rings. The molecule has 1 unspecified atom stereocenters. The van der Waals surface area contributed by atoms with Crippen LogP contribution < -0.4 is 0 Å². The Morgan fingerprint density at radius 3 is 1.34 bits per heavy atom. The third-order valence-corrected chi connectivity index (χ3v) is 7.53. The number of hydrogen-bond donors (Lipinski definition) is 1. The van der Waals surface area contributed by atoms with Crippen molar-refractivity contribution in [3.63, 3.8) is 0 Å². The van der Waals surface area contributed by atoms with Gasteiger partial charge in [-0.25, -0.2) is 0 Å². The van der Waals surface area contributed by atoms with E-state index < -0.39 is 11.9 Å². The average molecular weight is 537 g/mol. The number of carboxylic acids is 1. The highest BCUT2D eigenvalue weighted by molar-refractivity contribution is 5.80. The summed E-state index contributed by atoms with van der Waals surface area (Å²) >= 11 is 0. The van der Waals surface area contributed by atoms with Gasteiger partial charge < -0.3 is 9.84 Å². The van der Waals surface area contributed by atoms with Crippen LogP contribution in [0.3, 0.4) is 0 Å². The Morgan fingerprint density at radius 1 is 0.579 bits per heavy atom. The van der Waals surface area contributed by atoms with Crippen LogP contribution in [0.4, 0.5) is 0 Å². The van der Waals surface area contributed by atoms with Crippen LogP contribution in [0.1, 0.15) is 181 Å². The highest BCUT2D eigenvalue weighted by atomic mass is 16.5. The number of esters is 1. The van der Waals surface area contributed by atoms with Crippen LogP contribution in [0.25, 0.3) is 0 Å². The molecule has 0 aromatic carbocycles. The second-order valence-corrected chi connectivity index (χ2v) is 11.4. The minimum atomic E-state index is -0.952. The van der Waals surface area contributed by atoms with Crippen molar-refractivity contribution < 1.29 is 19.4 Å². The van der Waals surface area contributed by atoms with E-state index in [4.69, 9.17) is 4.74 Å². The smallest absolute Gasteiger partial charge is 0.313 e. The average Bonchev–Trinajstić information content (AvgIpc) is 2.90. The third-order valence-electron chi connectivity index (χ3n) is 7.53. The first-order chi connectivity index (χ1) is 18.6. The van der Waals surface area contributed by atoms with Crippen LogP contribution in [0.15, 0.2) is 12.2 Å². The van der Waals surface area contributed by atoms with Gasteiger partial charge in [0.1, 0.15) is 0 Å². The molecule has 0 aromatic heterocycles. The molecule has 38 heavy (non-hydrogen) atoms. The Bertz CT molecular complexity index is 543. The molecule has 0 aliphatic heterocycles. The molecule has 0 aliphatic rings. The number of aliphatic carboxylic acids is 1. The molecule has 0 aromatic rings. The van der Waals surface area contributed by atoms with Gasteiger partial charge in [0.25, 0.3) is 0 Å². The summed E-state index contributed by atoms with van der Waals surface area (Å²) < 4.78 is 5.40. The number of ether oxygens (including phenoxy) is 1. The number of carboxylic acid groups (broad SMARTS) is 1. The molecule has 0 aliphatic carbocycles. The molecule has 0 saturated heterocycles.